The third-order valence-electron chi connectivity index (χ3n) is 3.01. The van der Waals surface area contributed by atoms with Crippen LogP contribution in [0.4, 0.5) is 0 Å². The smallest absolute Gasteiger partial charge is 0.0989 e. The van der Waals surface area contributed by atoms with Gasteiger partial charge in [-0.25, -0.2) is 0 Å². The Morgan fingerprint density at radius 2 is 2.23 bits per heavy atom. The molecule has 0 radical (unpaired) electrons. The molecule has 1 aliphatic heterocycles. The summed E-state index contributed by atoms with van der Waals surface area (Å²) in [6.45, 7) is 8.16. The van der Waals surface area contributed by atoms with Crippen molar-refractivity contribution in [2.45, 2.75) is 45.0 Å². The van der Waals surface area contributed by atoms with Gasteiger partial charge in [0.15, 0.2) is 0 Å². The van der Waals surface area contributed by atoms with Crippen LogP contribution in [0.5, 0.6) is 0 Å². The highest BCUT2D eigenvalue weighted by Crippen LogP contribution is 2.24. The molecule has 0 aromatic rings. The number of nitrogens with one attached hydrogen (secondary N) is 1. The summed E-state index contributed by atoms with van der Waals surface area (Å²) in [6, 6.07) is 0. The summed E-state index contributed by atoms with van der Waals surface area (Å²) in [6.07, 6.45) is 1.44. The molecule has 0 aromatic carbocycles. The van der Waals surface area contributed by atoms with Crippen molar-refractivity contribution in [1.29, 1.82) is 0 Å². The normalized spacial score (nSPS) is 34.2. The quantitative estimate of drug-likeness (QED) is 0.719. The highest BCUT2D eigenvalue weighted by atomic mass is 16.6. The van der Waals surface area contributed by atoms with Crippen LogP contribution < -0.4 is 5.32 Å². The molecule has 3 heteroatoms. The van der Waals surface area contributed by atoms with Crippen molar-refractivity contribution in [3.8, 4) is 0 Å². The van der Waals surface area contributed by atoms with Crippen LogP contribution in [0.2, 0.25) is 0 Å². The number of ether oxygens (including phenoxy) is 2. The fourth-order valence-electron chi connectivity index (χ4n) is 1.66. The third kappa shape index (κ3) is 2.42. The van der Waals surface area contributed by atoms with Crippen molar-refractivity contribution in [2.75, 3.05) is 20.2 Å². The molecule has 1 saturated heterocycles. The van der Waals surface area contributed by atoms with Crippen molar-refractivity contribution in [3.63, 3.8) is 0 Å². The summed E-state index contributed by atoms with van der Waals surface area (Å²) in [5.41, 5.74) is -0.151. The largest absolute Gasteiger partial charge is 0.376 e. The first kappa shape index (κ1) is 11.0. The molecule has 3 unspecified atom stereocenters. The molecule has 13 heavy (non-hydrogen) atoms. The lowest BCUT2D eigenvalue weighted by molar-refractivity contribution is -0.151. The van der Waals surface area contributed by atoms with E-state index in [4.69, 9.17) is 9.47 Å². The molecule has 0 aliphatic carbocycles. The van der Waals surface area contributed by atoms with Gasteiger partial charge in [0.2, 0.25) is 0 Å². The Kier molecular flexibility index (Phi) is 3.71. The lowest BCUT2D eigenvalue weighted by Gasteiger charge is -2.40. The molecule has 0 spiro atoms. The maximum absolute atomic E-state index is 5.85. The van der Waals surface area contributed by atoms with Gasteiger partial charge >= 0.3 is 0 Å². The predicted octanol–water partition coefficient (Wildman–Crippen LogP) is 1.18. The van der Waals surface area contributed by atoms with Gasteiger partial charge in [0.1, 0.15) is 0 Å². The molecular formula is C10H21NO2. The minimum Gasteiger partial charge on any atom is -0.376 e. The number of hydrogen-bond acceptors (Lipinski definition) is 3. The van der Waals surface area contributed by atoms with Gasteiger partial charge in [-0.2, -0.15) is 0 Å². The van der Waals surface area contributed by atoms with Crippen molar-refractivity contribution in [2.24, 2.45) is 0 Å². The van der Waals surface area contributed by atoms with Crippen LogP contribution in [0.25, 0.3) is 0 Å². The summed E-state index contributed by atoms with van der Waals surface area (Å²) in [7, 11) is 1.76. The predicted molar refractivity (Wildman–Crippen MR) is 52.9 cm³/mol. The number of methoxy groups -OCH3 is 1. The average Bonchev–Trinajstić information content (AvgIpc) is 2.17. The van der Waals surface area contributed by atoms with E-state index in [1.165, 1.54) is 0 Å². The molecule has 3 nitrogen and oxygen atoms in total. The minimum absolute atomic E-state index is 0.151. The van der Waals surface area contributed by atoms with E-state index in [1.807, 2.05) is 0 Å². The lowest BCUT2D eigenvalue weighted by atomic mass is 9.94. The van der Waals surface area contributed by atoms with Crippen LogP contribution >= 0.6 is 0 Å². The Balaban J connectivity index is 2.57. The summed E-state index contributed by atoms with van der Waals surface area (Å²) in [4.78, 5) is 0. The molecule has 0 saturated carbocycles. The van der Waals surface area contributed by atoms with Gasteiger partial charge in [-0.15, -0.1) is 0 Å². The molecule has 78 valence electrons. The molecule has 1 aliphatic rings. The molecule has 1 heterocycles. The summed E-state index contributed by atoms with van der Waals surface area (Å²) in [5, 5.41) is 3.35. The topological polar surface area (TPSA) is 30.5 Å². The van der Waals surface area contributed by atoms with Crippen molar-refractivity contribution in [1.82, 2.24) is 5.32 Å². The van der Waals surface area contributed by atoms with E-state index in [9.17, 15) is 0 Å². The monoisotopic (exact) mass is 187 g/mol. The van der Waals surface area contributed by atoms with E-state index in [2.05, 4.69) is 26.1 Å². The van der Waals surface area contributed by atoms with Crippen LogP contribution in [0.15, 0.2) is 0 Å². The second-order valence-corrected chi connectivity index (χ2v) is 3.96. The van der Waals surface area contributed by atoms with Gasteiger partial charge in [-0.1, -0.05) is 6.92 Å². The maximum Gasteiger partial charge on any atom is 0.0989 e. The van der Waals surface area contributed by atoms with E-state index < -0.39 is 0 Å². The zero-order valence-corrected chi connectivity index (χ0v) is 9.09. The lowest BCUT2D eigenvalue weighted by Crippen LogP contribution is -2.54. The second-order valence-electron chi connectivity index (χ2n) is 3.96. The van der Waals surface area contributed by atoms with Gasteiger partial charge in [-0.3, -0.25) is 0 Å². The van der Waals surface area contributed by atoms with Gasteiger partial charge < -0.3 is 14.8 Å². The van der Waals surface area contributed by atoms with Gasteiger partial charge in [-0.05, 0) is 20.3 Å². The van der Waals surface area contributed by atoms with Crippen molar-refractivity contribution in [3.05, 3.63) is 0 Å². The van der Waals surface area contributed by atoms with E-state index in [-0.39, 0.29) is 11.7 Å². The average molecular weight is 187 g/mol. The van der Waals surface area contributed by atoms with E-state index in [1.54, 1.807) is 7.11 Å². The third-order valence-corrected chi connectivity index (χ3v) is 3.01. The maximum atomic E-state index is 5.85. The number of rotatable bonds is 3. The van der Waals surface area contributed by atoms with Gasteiger partial charge in [0.25, 0.3) is 0 Å². The fraction of sp³-hybridized carbons (Fsp3) is 1.00. The standard InChI is InChI=1S/C10H21NO2/c1-5-10(3,12-4)9-7-11-6-8(2)13-9/h8-9,11H,5-7H2,1-4H3. The van der Waals surface area contributed by atoms with Crippen LogP contribution in [0.1, 0.15) is 27.2 Å². The molecule has 1 rings (SSSR count). The van der Waals surface area contributed by atoms with Crippen LogP contribution in [-0.4, -0.2) is 38.0 Å². The molecule has 0 aromatic heterocycles. The fourth-order valence-corrected chi connectivity index (χ4v) is 1.66. The number of morpholine rings is 1. The van der Waals surface area contributed by atoms with Crippen LogP contribution in [-0.2, 0) is 9.47 Å². The Bertz CT molecular complexity index is 157. The SMILES string of the molecule is CCC(C)(OC)C1CNCC(C)O1. The highest BCUT2D eigenvalue weighted by molar-refractivity contribution is 4.88. The Hall–Kier alpha value is -0.120. The summed E-state index contributed by atoms with van der Waals surface area (Å²) < 4.78 is 11.4. The Morgan fingerprint density at radius 1 is 1.54 bits per heavy atom. The molecule has 0 amide bonds. The van der Waals surface area contributed by atoms with Gasteiger partial charge in [0, 0.05) is 20.2 Å². The molecular weight excluding hydrogens is 166 g/mol. The highest BCUT2D eigenvalue weighted by Gasteiger charge is 2.36. The van der Waals surface area contributed by atoms with Crippen molar-refractivity contribution >= 4 is 0 Å². The molecule has 1 fully saturated rings. The number of hydrogen-bond donors (Lipinski definition) is 1. The molecule has 0 bridgehead atoms. The Labute approximate surface area is 80.8 Å². The summed E-state index contributed by atoms with van der Waals surface area (Å²) in [5.74, 6) is 0. The van der Waals surface area contributed by atoms with Crippen LogP contribution in [0, 0.1) is 0 Å². The van der Waals surface area contributed by atoms with Gasteiger partial charge in [0.05, 0.1) is 17.8 Å². The second kappa shape index (κ2) is 4.40. The minimum atomic E-state index is -0.151. The zero-order chi connectivity index (χ0) is 9.90. The van der Waals surface area contributed by atoms with E-state index in [0.717, 1.165) is 19.5 Å². The van der Waals surface area contributed by atoms with Crippen molar-refractivity contribution < 1.29 is 9.47 Å². The Morgan fingerprint density at radius 3 is 2.69 bits per heavy atom. The summed E-state index contributed by atoms with van der Waals surface area (Å²) >= 11 is 0. The zero-order valence-electron chi connectivity index (χ0n) is 9.09. The first-order valence-corrected chi connectivity index (χ1v) is 5.03. The molecule has 3 atom stereocenters. The first-order chi connectivity index (χ1) is 6.12. The molecule has 1 N–H and O–H groups in total. The van der Waals surface area contributed by atoms with E-state index in [0.29, 0.717) is 6.10 Å². The van der Waals surface area contributed by atoms with E-state index >= 15 is 0 Å². The van der Waals surface area contributed by atoms with Crippen LogP contribution in [0.3, 0.4) is 0 Å². The first-order valence-electron chi connectivity index (χ1n) is 5.03.